The molecule has 1 aliphatic heterocycles. The van der Waals surface area contributed by atoms with Crippen LogP contribution in [-0.4, -0.2) is 43.0 Å². The molecule has 6 nitrogen and oxygen atoms in total. The average Bonchev–Trinajstić information content (AvgIpc) is 2.59. The van der Waals surface area contributed by atoms with Gasteiger partial charge >= 0.3 is 6.09 Å². The summed E-state index contributed by atoms with van der Waals surface area (Å²) in [7, 11) is 0. The number of anilines is 2. The first-order valence-electron chi connectivity index (χ1n) is 9.20. The van der Waals surface area contributed by atoms with Crippen molar-refractivity contribution in [2.24, 2.45) is 0 Å². The van der Waals surface area contributed by atoms with Crippen molar-refractivity contribution in [3.63, 3.8) is 0 Å². The summed E-state index contributed by atoms with van der Waals surface area (Å²) in [5, 5.41) is 9.44. The lowest BCUT2D eigenvalue weighted by atomic mass is 10.1. The molecule has 3 N–H and O–H groups in total. The fourth-order valence-electron chi connectivity index (χ4n) is 2.74. The maximum Gasteiger partial charge on any atom is 0.407 e. The van der Waals surface area contributed by atoms with Gasteiger partial charge in [0.05, 0.1) is 0 Å². The molecule has 0 bridgehead atoms. The van der Waals surface area contributed by atoms with Gasteiger partial charge in [-0.05, 0) is 76.5 Å². The maximum atomic E-state index is 11.5. The molecule has 1 heterocycles. The van der Waals surface area contributed by atoms with Crippen molar-refractivity contribution >= 4 is 34.8 Å². The van der Waals surface area contributed by atoms with E-state index in [0.29, 0.717) is 18.2 Å². The van der Waals surface area contributed by atoms with E-state index in [9.17, 15) is 4.79 Å². The zero-order chi connectivity index (χ0) is 19.0. The minimum atomic E-state index is -0.491. The number of nitrogens with one attached hydrogen (secondary N) is 3. The Morgan fingerprint density at radius 1 is 1.08 bits per heavy atom. The lowest BCUT2D eigenvalue weighted by Gasteiger charge is -2.28. The summed E-state index contributed by atoms with van der Waals surface area (Å²) >= 11 is 5.28. The molecule has 0 radical (unpaired) electrons. The number of thiocarbonyl (C=S) groups is 1. The lowest BCUT2D eigenvalue weighted by Crippen LogP contribution is -2.39. The van der Waals surface area contributed by atoms with E-state index in [-0.39, 0.29) is 0 Å². The molecular formula is C19H30N4O2S. The van der Waals surface area contributed by atoms with Crippen molar-refractivity contribution < 1.29 is 9.53 Å². The van der Waals surface area contributed by atoms with E-state index in [1.165, 1.54) is 24.9 Å². The molecule has 7 heteroatoms. The molecule has 1 aromatic rings. The first kappa shape index (κ1) is 20.3. The van der Waals surface area contributed by atoms with Gasteiger partial charge in [0.2, 0.25) is 0 Å². The Balaban J connectivity index is 1.67. The van der Waals surface area contributed by atoms with Crippen LogP contribution in [0.1, 0.15) is 40.0 Å². The van der Waals surface area contributed by atoms with Crippen LogP contribution < -0.4 is 20.9 Å². The van der Waals surface area contributed by atoms with Crippen molar-refractivity contribution in [1.29, 1.82) is 0 Å². The van der Waals surface area contributed by atoms with Crippen LogP contribution in [0, 0.1) is 0 Å². The number of carbonyl (C=O) groups excluding carboxylic acids is 1. The molecular weight excluding hydrogens is 348 g/mol. The normalized spacial score (nSPS) is 14.5. The SMILES string of the molecule is CC(C)(C)OC(=O)NCCNC(=S)Nc1ccc(N2CCCCC2)cc1. The van der Waals surface area contributed by atoms with Gasteiger partial charge in [-0.3, -0.25) is 0 Å². The van der Waals surface area contributed by atoms with Gasteiger partial charge in [0, 0.05) is 37.6 Å². The summed E-state index contributed by atoms with van der Waals surface area (Å²) in [5.74, 6) is 0. The summed E-state index contributed by atoms with van der Waals surface area (Å²) in [6.07, 6.45) is 3.45. The molecule has 1 aliphatic rings. The highest BCUT2D eigenvalue weighted by atomic mass is 32.1. The van der Waals surface area contributed by atoms with E-state index in [2.05, 4.69) is 33.0 Å². The van der Waals surface area contributed by atoms with Gasteiger partial charge in [-0.15, -0.1) is 0 Å². The van der Waals surface area contributed by atoms with Crippen LogP contribution in [-0.2, 0) is 4.74 Å². The Morgan fingerprint density at radius 3 is 2.31 bits per heavy atom. The van der Waals surface area contributed by atoms with E-state index in [1.54, 1.807) is 0 Å². The number of nitrogens with zero attached hydrogens (tertiary/aromatic N) is 1. The molecule has 1 fully saturated rings. The number of carbonyl (C=O) groups is 1. The molecule has 0 spiro atoms. The second-order valence-corrected chi connectivity index (χ2v) is 7.81. The van der Waals surface area contributed by atoms with Gasteiger partial charge in [0.15, 0.2) is 5.11 Å². The third-order valence-electron chi connectivity index (χ3n) is 3.93. The average molecular weight is 379 g/mol. The van der Waals surface area contributed by atoms with Gasteiger partial charge < -0.3 is 25.6 Å². The van der Waals surface area contributed by atoms with E-state index >= 15 is 0 Å². The van der Waals surface area contributed by atoms with Crippen LogP contribution in [0.2, 0.25) is 0 Å². The van der Waals surface area contributed by atoms with E-state index < -0.39 is 11.7 Å². The molecule has 0 atom stereocenters. The number of piperidine rings is 1. The minimum absolute atomic E-state index is 0.425. The maximum absolute atomic E-state index is 11.5. The Hall–Kier alpha value is -2.02. The van der Waals surface area contributed by atoms with E-state index in [4.69, 9.17) is 17.0 Å². The Kier molecular flexibility index (Phi) is 7.50. The Morgan fingerprint density at radius 2 is 1.69 bits per heavy atom. The number of alkyl carbamates (subject to hydrolysis) is 1. The van der Waals surface area contributed by atoms with Gasteiger partial charge in [-0.25, -0.2) is 4.79 Å². The Bertz CT molecular complexity index is 593. The number of hydrogen-bond donors (Lipinski definition) is 3. The highest BCUT2D eigenvalue weighted by Crippen LogP contribution is 2.21. The zero-order valence-corrected chi connectivity index (χ0v) is 16.7. The summed E-state index contributed by atoms with van der Waals surface area (Å²) in [5.41, 5.74) is 1.72. The first-order chi connectivity index (χ1) is 12.3. The fourth-order valence-corrected chi connectivity index (χ4v) is 2.96. The largest absolute Gasteiger partial charge is 0.444 e. The van der Waals surface area contributed by atoms with E-state index in [1.807, 2.05) is 32.9 Å². The molecule has 26 heavy (non-hydrogen) atoms. The predicted molar refractivity (Wildman–Crippen MR) is 111 cm³/mol. The van der Waals surface area contributed by atoms with Crippen molar-refractivity contribution in [2.45, 2.75) is 45.6 Å². The predicted octanol–water partition coefficient (Wildman–Crippen LogP) is 3.49. The van der Waals surface area contributed by atoms with Crippen molar-refractivity contribution in [3.05, 3.63) is 24.3 Å². The smallest absolute Gasteiger partial charge is 0.407 e. The number of rotatable bonds is 5. The molecule has 0 saturated carbocycles. The molecule has 2 rings (SSSR count). The minimum Gasteiger partial charge on any atom is -0.444 e. The third kappa shape index (κ3) is 7.47. The van der Waals surface area contributed by atoms with Gasteiger partial charge in [0.1, 0.15) is 5.60 Å². The number of benzene rings is 1. The standard InChI is InChI=1S/C19H30N4O2S/c1-19(2,3)25-18(24)21-12-11-20-17(26)22-15-7-9-16(10-8-15)23-13-5-4-6-14-23/h7-10H,4-6,11-14H2,1-3H3,(H,21,24)(H2,20,22,26). The van der Waals surface area contributed by atoms with Crippen LogP contribution in [0.3, 0.4) is 0 Å². The summed E-state index contributed by atoms with van der Waals surface area (Å²) < 4.78 is 5.17. The van der Waals surface area contributed by atoms with Crippen molar-refractivity contribution in [3.8, 4) is 0 Å². The monoisotopic (exact) mass is 378 g/mol. The van der Waals surface area contributed by atoms with Crippen LogP contribution in [0.25, 0.3) is 0 Å². The van der Waals surface area contributed by atoms with Crippen LogP contribution in [0.15, 0.2) is 24.3 Å². The van der Waals surface area contributed by atoms with Crippen molar-refractivity contribution in [2.75, 3.05) is 36.4 Å². The summed E-state index contributed by atoms with van der Waals surface area (Å²) in [6.45, 7) is 8.73. The van der Waals surface area contributed by atoms with E-state index in [0.717, 1.165) is 18.8 Å². The third-order valence-corrected chi connectivity index (χ3v) is 4.17. The highest BCUT2D eigenvalue weighted by Gasteiger charge is 2.15. The second kappa shape index (κ2) is 9.62. The zero-order valence-electron chi connectivity index (χ0n) is 15.9. The quantitative estimate of drug-likeness (QED) is 0.538. The molecule has 0 aliphatic carbocycles. The van der Waals surface area contributed by atoms with Gasteiger partial charge in [-0.2, -0.15) is 0 Å². The van der Waals surface area contributed by atoms with Crippen LogP contribution in [0.4, 0.5) is 16.2 Å². The topological polar surface area (TPSA) is 65.6 Å². The molecule has 1 aromatic carbocycles. The lowest BCUT2D eigenvalue weighted by molar-refractivity contribution is 0.0529. The summed E-state index contributed by atoms with van der Waals surface area (Å²) in [4.78, 5) is 14.0. The fraction of sp³-hybridized carbons (Fsp3) is 0.579. The van der Waals surface area contributed by atoms with Crippen LogP contribution >= 0.6 is 12.2 Å². The highest BCUT2D eigenvalue weighted by molar-refractivity contribution is 7.80. The molecule has 1 saturated heterocycles. The Labute approximate surface area is 161 Å². The second-order valence-electron chi connectivity index (χ2n) is 7.40. The molecule has 0 unspecified atom stereocenters. The molecule has 0 aromatic heterocycles. The first-order valence-corrected chi connectivity index (χ1v) is 9.61. The molecule has 144 valence electrons. The summed E-state index contributed by atoms with van der Waals surface area (Å²) in [6, 6.07) is 8.33. The van der Waals surface area contributed by atoms with Crippen molar-refractivity contribution in [1.82, 2.24) is 10.6 Å². The van der Waals surface area contributed by atoms with Gasteiger partial charge in [0.25, 0.3) is 0 Å². The number of amides is 1. The number of hydrogen-bond acceptors (Lipinski definition) is 4. The number of ether oxygens (including phenoxy) is 1. The molecule has 1 amide bonds. The van der Waals surface area contributed by atoms with Gasteiger partial charge in [-0.1, -0.05) is 0 Å². The van der Waals surface area contributed by atoms with Crippen LogP contribution in [0.5, 0.6) is 0 Å².